The van der Waals surface area contributed by atoms with E-state index < -0.39 is 5.41 Å². The Hall–Kier alpha value is -2.15. The van der Waals surface area contributed by atoms with Gasteiger partial charge in [0.1, 0.15) is 11.6 Å². The highest BCUT2D eigenvalue weighted by Crippen LogP contribution is 2.49. The van der Waals surface area contributed by atoms with Gasteiger partial charge in [0.15, 0.2) is 0 Å². The van der Waals surface area contributed by atoms with Gasteiger partial charge in [-0.3, -0.25) is 4.79 Å². The van der Waals surface area contributed by atoms with Crippen LogP contribution in [0.3, 0.4) is 0 Å². The van der Waals surface area contributed by atoms with Crippen LogP contribution in [0.4, 0.5) is 11.6 Å². The molecule has 2 heterocycles. The molecule has 2 aromatic carbocycles. The van der Waals surface area contributed by atoms with Crippen molar-refractivity contribution in [2.45, 2.75) is 37.5 Å². The van der Waals surface area contributed by atoms with Crippen LogP contribution in [0, 0.1) is 3.57 Å². The molecule has 29 heavy (non-hydrogen) atoms. The van der Waals surface area contributed by atoms with E-state index in [9.17, 15) is 4.79 Å². The number of hydrogen-bond acceptors (Lipinski definition) is 3. The standard InChI is InChI=1S/C24H24IN3O/c25-19-10-8-18(9-11-19)24(12-13-24)23(29)27-21-16-17-6-2-3-7-20(17)22(26-21)28-14-4-1-5-15-28/h2-3,6-11,16H,1,4-5,12-15H2,(H,26,27,29). The average Bonchev–Trinajstić information content (AvgIpc) is 3.56. The molecule has 1 aliphatic carbocycles. The number of amides is 1. The van der Waals surface area contributed by atoms with E-state index in [1.807, 2.05) is 12.1 Å². The summed E-state index contributed by atoms with van der Waals surface area (Å²) in [5.41, 5.74) is 0.704. The molecule has 0 spiro atoms. The smallest absolute Gasteiger partial charge is 0.236 e. The van der Waals surface area contributed by atoms with Gasteiger partial charge in [-0.2, -0.15) is 0 Å². The fraction of sp³-hybridized carbons (Fsp3) is 0.333. The van der Waals surface area contributed by atoms with Crippen molar-refractivity contribution >= 4 is 50.9 Å². The molecule has 1 aromatic heterocycles. The SMILES string of the molecule is O=C(Nc1cc2ccccc2c(N2CCCCC2)n1)C1(c2ccc(I)cc2)CC1. The molecule has 1 N–H and O–H groups in total. The second kappa shape index (κ2) is 7.59. The number of rotatable bonds is 4. The van der Waals surface area contributed by atoms with Gasteiger partial charge in [0, 0.05) is 22.0 Å². The summed E-state index contributed by atoms with van der Waals surface area (Å²) < 4.78 is 1.19. The van der Waals surface area contributed by atoms with Crippen molar-refractivity contribution in [3.05, 3.63) is 63.7 Å². The summed E-state index contributed by atoms with van der Waals surface area (Å²) in [4.78, 5) is 20.5. The second-order valence-corrected chi connectivity index (χ2v) is 9.39. The Kier molecular flexibility index (Phi) is 4.94. The number of halogens is 1. The first kappa shape index (κ1) is 18.9. The van der Waals surface area contributed by atoms with Crippen LogP contribution in [-0.2, 0) is 10.2 Å². The lowest BCUT2D eigenvalue weighted by Gasteiger charge is -2.29. The van der Waals surface area contributed by atoms with Gasteiger partial charge in [-0.05, 0) is 83.8 Å². The van der Waals surface area contributed by atoms with Gasteiger partial charge in [-0.15, -0.1) is 0 Å². The van der Waals surface area contributed by atoms with Crippen LogP contribution in [0.1, 0.15) is 37.7 Å². The van der Waals surface area contributed by atoms with E-state index in [4.69, 9.17) is 4.98 Å². The number of pyridine rings is 1. The van der Waals surface area contributed by atoms with Gasteiger partial charge < -0.3 is 10.2 Å². The van der Waals surface area contributed by atoms with E-state index in [0.717, 1.165) is 48.1 Å². The lowest BCUT2D eigenvalue weighted by Crippen LogP contribution is -2.31. The zero-order chi connectivity index (χ0) is 19.8. The molecular weight excluding hydrogens is 473 g/mol. The number of nitrogens with one attached hydrogen (secondary N) is 1. The second-order valence-electron chi connectivity index (χ2n) is 8.14. The molecule has 1 saturated carbocycles. The molecule has 1 saturated heterocycles. The van der Waals surface area contributed by atoms with Crippen LogP contribution in [0.5, 0.6) is 0 Å². The molecule has 148 valence electrons. The van der Waals surface area contributed by atoms with Crippen molar-refractivity contribution in [1.29, 1.82) is 0 Å². The maximum absolute atomic E-state index is 13.2. The van der Waals surface area contributed by atoms with Crippen molar-refractivity contribution < 1.29 is 4.79 Å². The Balaban J connectivity index is 1.47. The number of nitrogens with zero attached hydrogens (tertiary/aromatic N) is 2. The van der Waals surface area contributed by atoms with Gasteiger partial charge in [-0.1, -0.05) is 36.4 Å². The highest BCUT2D eigenvalue weighted by Gasteiger charge is 2.51. The van der Waals surface area contributed by atoms with Crippen LogP contribution < -0.4 is 10.2 Å². The number of aromatic nitrogens is 1. The largest absolute Gasteiger partial charge is 0.356 e. The molecule has 0 unspecified atom stereocenters. The molecule has 2 aliphatic rings. The first-order valence-corrected chi connectivity index (χ1v) is 11.5. The maximum atomic E-state index is 13.2. The van der Waals surface area contributed by atoms with Gasteiger partial charge in [0.05, 0.1) is 5.41 Å². The quantitative estimate of drug-likeness (QED) is 0.485. The number of benzene rings is 2. The molecular formula is C24H24IN3O. The molecule has 2 fully saturated rings. The minimum atomic E-state index is -0.400. The fourth-order valence-electron chi connectivity index (χ4n) is 4.37. The van der Waals surface area contributed by atoms with Gasteiger partial charge in [0.2, 0.25) is 5.91 Å². The summed E-state index contributed by atoms with van der Waals surface area (Å²) in [5.74, 6) is 1.72. The Morgan fingerprint density at radius 3 is 2.45 bits per heavy atom. The molecule has 1 amide bonds. The van der Waals surface area contributed by atoms with E-state index in [2.05, 4.69) is 75.3 Å². The lowest BCUT2D eigenvalue weighted by atomic mass is 9.95. The highest BCUT2D eigenvalue weighted by molar-refractivity contribution is 14.1. The van der Waals surface area contributed by atoms with E-state index in [-0.39, 0.29) is 5.91 Å². The Morgan fingerprint density at radius 2 is 1.72 bits per heavy atom. The number of anilines is 2. The van der Waals surface area contributed by atoms with Crippen LogP contribution in [0.15, 0.2) is 54.6 Å². The molecule has 3 aromatic rings. The first-order chi connectivity index (χ1) is 14.2. The predicted molar refractivity (Wildman–Crippen MR) is 127 cm³/mol. The van der Waals surface area contributed by atoms with Crippen molar-refractivity contribution in [3.63, 3.8) is 0 Å². The summed E-state index contributed by atoms with van der Waals surface area (Å²) >= 11 is 2.30. The van der Waals surface area contributed by atoms with Crippen molar-refractivity contribution in [3.8, 4) is 0 Å². The van der Waals surface area contributed by atoms with Crippen molar-refractivity contribution in [2.24, 2.45) is 0 Å². The highest BCUT2D eigenvalue weighted by atomic mass is 127. The van der Waals surface area contributed by atoms with Gasteiger partial charge >= 0.3 is 0 Å². The number of fused-ring (bicyclic) bond motifs is 1. The molecule has 0 atom stereocenters. The maximum Gasteiger partial charge on any atom is 0.236 e. The summed E-state index contributed by atoms with van der Waals surface area (Å²) in [7, 11) is 0. The van der Waals surface area contributed by atoms with E-state index in [1.54, 1.807) is 0 Å². The molecule has 5 rings (SSSR count). The number of piperidine rings is 1. The molecule has 0 radical (unpaired) electrons. The zero-order valence-corrected chi connectivity index (χ0v) is 18.5. The van der Waals surface area contributed by atoms with Crippen LogP contribution in [0.2, 0.25) is 0 Å². The monoisotopic (exact) mass is 497 g/mol. The Labute approximate surface area is 184 Å². The summed E-state index contributed by atoms with van der Waals surface area (Å²) in [6.45, 7) is 2.06. The van der Waals surface area contributed by atoms with Crippen molar-refractivity contribution in [2.75, 3.05) is 23.3 Å². The lowest BCUT2D eigenvalue weighted by molar-refractivity contribution is -0.118. The third-order valence-corrected chi connectivity index (χ3v) is 6.92. The van der Waals surface area contributed by atoms with Gasteiger partial charge in [-0.25, -0.2) is 4.98 Å². The molecule has 1 aliphatic heterocycles. The molecule has 4 nitrogen and oxygen atoms in total. The number of carbonyl (C=O) groups excluding carboxylic acids is 1. The fourth-order valence-corrected chi connectivity index (χ4v) is 4.73. The topological polar surface area (TPSA) is 45.2 Å². The van der Waals surface area contributed by atoms with E-state index >= 15 is 0 Å². The summed E-state index contributed by atoms with van der Waals surface area (Å²) in [6.07, 6.45) is 5.46. The molecule has 5 heteroatoms. The van der Waals surface area contributed by atoms with Crippen LogP contribution in [0.25, 0.3) is 10.8 Å². The Morgan fingerprint density at radius 1 is 1.00 bits per heavy atom. The minimum Gasteiger partial charge on any atom is -0.356 e. The Bertz CT molecular complexity index is 1050. The van der Waals surface area contributed by atoms with E-state index in [1.165, 1.54) is 22.8 Å². The summed E-state index contributed by atoms with van der Waals surface area (Å²) in [5, 5.41) is 5.43. The average molecular weight is 497 g/mol. The summed E-state index contributed by atoms with van der Waals surface area (Å²) in [6, 6.07) is 18.7. The molecule has 0 bridgehead atoms. The van der Waals surface area contributed by atoms with Crippen molar-refractivity contribution in [1.82, 2.24) is 4.98 Å². The normalized spacial score (nSPS) is 17.9. The van der Waals surface area contributed by atoms with Crippen LogP contribution >= 0.6 is 22.6 Å². The van der Waals surface area contributed by atoms with Gasteiger partial charge in [0.25, 0.3) is 0 Å². The third kappa shape index (κ3) is 3.61. The first-order valence-electron chi connectivity index (χ1n) is 10.4. The number of hydrogen-bond donors (Lipinski definition) is 1. The zero-order valence-electron chi connectivity index (χ0n) is 16.3. The third-order valence-electron chi connectivity index (χ3n) is 6.20. The van der Waals surface area contributed by atoms with E-state index in [0.29, 0.717) is 5.82 Å². The van der Waals surface area contributed by atoms with Crippen LogP contribution in [-0.4, -0.2) is 24.0 Å². The number of carbonyl (C=O) groups is 1. The predicted octanol–water partition coefficient (Wildman–Crippen LogP) is 5.50. The minimum absolute atomic E-state index is 0.0612.